The number of hydrogen-bond acceptors (Lipinski definition) is 5. The molecule has 0 aliphatic heterocycles. The number of nitrogens with zero attached hydrogens (tertiary/aromatic N) is 1. The first-order valence-corrected chi connectivity index (χ1v) is 6.43. The van der Waals surface area contributed by atoms with E-state index in [-0.39, 0.29) is 0 Å². The highest BCUT2D eigenvalue weighted by Gasteiger charge is 2.16. The van der Waals surface area contributed by atoms with Gasteiger partial charge in [0.1, 0.15) is 5.69 Å². The molecule has 2 N–H and O–H groups in total. The van der Waals surface area contributed by atoms with Crippen LogP contribution in [-0.4, -0.2) is 17.6 Å². The van der Waals surface area contributed by atoms with Crippen LogP contribution in [0.2, 0.25) is 0 Å². The van der Waals surface area contributed by atoms with E-state index < -0.39 is 5.97 Å². The molecule has 0 saturated heterocycles. The Balaban J connectivity index is 2.45. The molecule has 0 fully saturated rings. The predicted molar refractivity (Wildman–Crippen MR) is 72.7 cm³/mol. The number of pyridine rings is 1. The van der Waals surface area contributed by atoms with E-state index in [1.54, 1.807) is 30.5 Å². The number of thiophene rings is 1. The summed E-state index contributed by atoms with van der Waals surface area (Å²) in [5.41, 5.74) is 7.38. The molecule has 0 amide bonds. The number of aromatic nitrogens is 1. The quantitative estimate of drug-likeness (QED) is 0.864. The Morgan fingerprint density at radius 2 is 2.22 bits per heavy atom. The van der Waals surface area contributed by atoms with E-state index in [4.69, 9.17) is 10.5 Å². The molecule has 0 aliphatic carbocycles. The molecule has 0 bridgehead atoms. The van der Waals surface area contributed by atoms with Gasteiger partial charge >= 0.3 is 5.97 Å². The molecular weight excluding hydrogens is 248 g/mol. The lowest BCUT2D eigenvalue weighted by Gasteiger charge is -2.08. The van der Waals surface area contributed by atoms with Gasteiger partial charge in [-0.3, -0.25) is 4.98 Å². The Bertz CT molecular complexity index is 578. The lowest BCUT2D eigenvalue weighted by atomic mass is 10.1. The molecule has 0 radical (unpaired) electrons. The van der Waals surface area contributed by atoms with Crippen LogP contribution in [0.3, 0.4) is 0 Å². The van der Waals surface area contributed by atoms with Crippen molar-refractivity contribution >= 4 is 23.0 Å². The van der Waals surface area contributed by atoms with Crippen molar-refractivity contribution in [1.29, 1.82) is 0 Å². The number of nitrogens with two attached hydrogens (primary N) is 1. The average Bonchev–Trinajstić information content (AvgIpc) is 2.76. The molecule has 94 valence electrons. The molecule has 0 atom stereocenters. The second-order valence-corrected chi connectivity index (χ2v) is 5.04. The minimum Gasteiger partial charge on any atom is -0.462 e. The summed E-state index contributed by atoms with van der Waals surface area (Å²) in [6, 6.07) is 5.53. The van der Waals surface area contributed by atoms with Crippen LogP contribution in [0, 0.1) is 6.92 Å². The summed E-state index contributed by atoms with van der Waals surface area (Å²) in [5, 5.41) is 0. The van der Waals surface area contributed by atoms with Gasteiger partial charge in [0.15, 0.2) is 0 Å². The number of nitrogen functional groups attached to an aromatic ring is 1. The van der Waals surface area contributed by atoms with Gasteiger partial charge < -0.3 is 10.5 Å². The fraction of sp³-hybridized carbons (Fsp3) is 0.231. The first-order chi connectivity index (χ1) is 8.63. The van der Waals surface area contributed by atoms with Gasteiger partial charge in [-0.15, -0.1) is 11.3 Å². The highest BCUT2D eigenvalue weighted by atomic mass is 32.1. The SMILES string of the molecule is CCOC(=O)c1ccnc(-c2ccc(C)s2)c1N. The zero-order chi connectivity index (χ0) is 13.1. The number of rotatable bonds is 3. The third-order valence-corrected chi connectivity index (χ3v) is 3.47. The molecule has 0 aromatic carbocycles. The largest absolute Gasteiger partial charge is 0.462 e. The summed E-state index contributed by atoms with van der Waals surface area (Å²) in [6.45, 7) is 4.10. The molecule has 4 nitrogen and oxygen atoms in total. The molecule has 0 unspecified atom stereocenters. The van der Waals surface area contributed by atoms with E-state index in [2.05, 4.69) is 4.98 Å². The standard InChI is InChI=1S/C13H14N2O2S/c1-3-17-13(16)9-6-7-15-12(11(9)14)10-5-4-8(2)18-10/h4-7H,3,14H2,1-2H3. The zero-order valence-corrected chi connectivity index (χ0v) is 11.1. The number of anilines is 1. The van der Waals surface area contributed by atoms with Crippen LogP contribution >= 0.6 is 11.3 Å². The number of aryl methyl sites for hydroxylation is 1. The number of esters is 1. The van der Waals surface area contributed by atoms with Gasteiger partial charge in [0.05, 0.1) is 22.7 Å². The van der Waals surface area contributed by atoms with Crippen molar-refractivity contribution in [1.82, 2.24) is 4.98 Å². The smallest absolute Gasteiger partial charge is 0.340 e. The lowest BCUT2D eigenvalue weighted by molar-refractivity contribution is 0.0527. The highest BCUT2D eigenvalue weighted by molar-refractivity contribution is 7.15. The van der Waals surface area contributed by atoms with Crippen LogP contribution in [0.5, 0.6) is 0 Å². The number of carbonyl (C=O) groups is 1. The summed E-state index contributed by atoms with van der Waals surface area (Å²) >= 11 is 1.59. The second-order valence-electron chi connectivity index (χ2n) is 3.75. The predicted octanol–water partition coefficient (Wildman–Crippen LogP) is 2.88. The minimum atomic E-state index is -0.410. The van der Waals surface area contributed by atoms with E-state index >= 15 is 0 Å². The van der Waals surface area contributed by atoms with Gasteiger partial charge in [0, 0.05) is 11.1 Å². The molecule has 2 aromatic heterocycles. The van der Waals surface area contributed by atoms with Crippen molar-refractivity contribution in [3.8, 4) is 10.6 Å². The number of hydrogen-bond donors (Lipinski definition) is 1. The Morgan fingerprint density at radius 1 is 1.44 bits per heavy atom. The molecule has 18 heavy (non-hydrogen) atoms. The monoisotopic (exact) mass is 262 g/mol. The zero-order valence-electron chi connectivity index (χ0n) is 10.3. The van der Waals surface area contributed by atoms with Crippen molar-refractivity contribution in [2.24, 2.45) is 0 Å². The van der Waals surface area contributed by atoms with E-state index in [1.807, 2.05) is 19.1 Å². The maximum atomic E-state index is 11.7. The van der Waals surface area contributed by atoms with Gasteiger partial charge in [-0.05, 0) is 32.0 Å². The van der Waals surface area contributed by atoms with Gasteiger partial charge in [-0.1, -0.05) is 0 Å². The topological polar surface area (TPSA) is 65.2 Å². The average molecular weight is 262 g/mol. The molecule has 2 heterocycles. The van der Waals surface area contributed by atoms with Crippen molar-refractivity contribution < 1.29 is 9.53 Å². The summed E-state index contributed by atoms with van der Waals surface area (Å²) < 4.78 is 4.96. The molecule has 2 rings (SSSR count). The molecule has 5 heteroatoms. The number of carbonyl (C=O) groups excluding carboxylic acids is 1. The van der Waals surface area contributed by atoms with Crippen LogP contribution in [0.25, 0.3) is 10.6 Å². The first kappa shape index (κ1) is 12.6. The second kappa shape index (κ2) is 5.18. The van der Waals surface area contributed by atoms with Gasteiger partial charge in [-0.25, -0.2) is 4.79 Å². The maximum Gasteiger partial charge on any atom is 0.340 e. The van der Waals surface area contributed by atoms with Crippen molar-refractivity contribution in [2.75, 3.05) is 12.3 Å². The van der Waals surface area contributed by atoms with Crippen molar-refractivity contribution in [3.63, 3.8) is 0 Å². The lowest BCUT2D eigenvalue weighted by Crippen LogP contribution is -2.09. The minimum absolute atomic E-state index is 0.327. The van der Waals surface area contributed by atoms with E-state index in [1.165, 1.54) is 4.88 Å². The Morgan fingerprint density at radius 3 is 2.83 bits per heavy atom. The highest BCUT2D eigenvalue weighted by Crippen LogP contribution is 2.31. The third kappa shape index (κ3) is 2.36. The fourth-order valence-electron chi connectivity index (χ4n) is 1.62. The fourth-order valence-corrected chi connectivity index (χ4v) is 2.50. The van der Waals surface area contributed by atoms with E-state index in [0.29, 0.717) is 23.6 Å². The summed E-state index contributed by atoms with van der Waals surface area (Å²) in [7, 11) is 0. The molecule has 0 aliphatic rings. The van der Waals surface area contributed by atoms with Gasteiger partial charge in [-0.2, -0.15) is 0 Å². The number of ether oxygens (including phenoxy) is 1. The molecule has 0 spiro atoms. The van der Waals surface area contributed by atoms with Crippen LogP contribution in [0.4, 0.5) is 5.69 Å². The Hall–Kier alpha value is -1.88. The molecule has 0 saturated carbocycles. The third-order valence-electron chi connectivity index (χ3n) is 2.46. The van der Waals surface area contributed by atoms with Gasteiger partial charge in [0.25, 0.3) is 0 Å². The summed E-state index contributed by atoms with van der Waals surface area (Å²) in [6.07, 6.45) is 1.58. The molecule has 2 aromatic rings. The normalized spacial score (nSPS) is 10.3. The summed E-state index contributed by atoms with van der Waals surface area (Å²) in [5.74, 6) is -0.410. The van der Waals surface area contributed by atoms with Crippen molar-refractivity contribution in [2.45, 2.75) is 13.8 Å². The van der Waals surface area contributed by atoms with Crippen molar-refractivity contribution in [3.05, 3.63) is 34.8 Å². The Labute approximate surface area is 109 Å². The maximum absolute atomic E-state index is 11.7. The Kier molecular flexibility index (Phi) is 3.62. The first-order valence-electron chi connectivity index (χ1n) is 5.62. The van der Waals surface area contributed by atoms with Crippen LogP contribution in [0.15, 0.2) is 24.4 Å². The van der Waals surface area contributed by atoms with E-state index in [0.717, 1.165) is 4.88 Å². The van der Waals surface area contributed by atoms with Gasteiger partial charge in [0.2, 0.25) is 0 Å². The van der Waals surface area contributed by atoms with Crippen LogP contribution in [0.1, 0.15) is 22.2 Å². The van der Waals surface area contributed by atoms with Crippen LogP contribution in [-0.2, 0) is 4.74 Å². The van der Waals surface area contributed by atoms with Crippen LogP contribution < -0.4 is 5.73 Å². The summed E-state index contributed by atoms with van der Waals surface area (Å²) in [4.78, 5) is 18.1. The van der Waals surface area contributed by atoms with E-state index in [9.17, 15) is 4.79 Å². The molecular formula is C13H14N2O2S.